The molecule has 2 aromatic heterocycles. The maximum atomic E-state index is 13.9. The Morgan fingerprint density at radius 3 is 2.42 bits per heavy atom. The van der Waals surface area contributed by atoms with Crippen molar-refractivity contribution < 1.29 is 33.3 Å². The summed E-state index contributed by atoms with van der Waals surface area (Å²) < 4.78 is 23.6. The molecule has 1 N–H and O–H groups in total. The first kappa shape index (κ1) is 35.4. The molecule has 0 spiro atoms. The van der Waals surface area contributed by atoms with Crippen LogP contribution in [-0.2, 0) is 22.4 Å². The highest BCUT2D eigenvalue weighted by atomic mass is 35.5. The molecule has 0 saturated carbocycles. The fourth-order valence-electron chi connectivity index (χ4n) is 6.98. The van der Waals surface area contributed by atoms with Crippen molar-refractivity contribution in [3.63, 3.8) is 0 Å². The summed E-state index contributed by atoms with van der Waals surface area (Å²) in [6.45, 7) is 3.00. The molecular weight excluding hydrogens is 709 g/mol. The highest BCUT2D eigenvalue weighted by Gasteiger charge is 2.38. The number of halogens is 2. The van der Waals surface area contributed by atoms with Crippen LogP contribution in [0.1, 0.15) is 46.0 Å². The van der Waals surface area contributed by atoms with Crippen LogP contribution in [0.15, 0.2) is 79.3 Å². The lowest BCUT2D eigenvalue weighted by Crippen LogP contribution is -2.53. The van der Waals surface area contributed by atoms with E-state index in [1.165, 1.54) is 26.6 Å². The lowest BCUT2D eigenvalue weighted by molar-refractivity contribution is -0.605. The van der Waals surface area contributed by atoms with Gasteiger partial charge in [0.15, 0.2) is 23.9 Å². The van der Waals surface area contributed by atoms with E-state index in [1.54, 1.807) is 53.6 Å². The standard InChI is InChI=1S/C38H37Cl2N5O7/c1-49-32-11-10-26(16-34(32)50-2)33(17-28-29(39)20-44(48)21-30(28)40)51-37(46)25-8-6-23(7-9-25)19-45(31-5-3-4-27-18-41-42-36(27)31)38(47)52-35-22-43-14-12-24(35)13-15-43/h3-11,16,18,20-21,24,33,35H,12-15,17,19,22H2,1-2H3,(H,41,42)/t33-,35-/m0/s1. The number of nitrogens with zero attached hydrogens (tertiary/aromatic N) is 4. The number of hydrogen-bond acceptors (Lipinski definition) is 9. The third-order valence-electron chi connectivity index (χ3n) is 9.82. The van der Waals surface area contributed by atoms with Gasteiger partial charge in [-0.2, -0.15) is 9.83 Å². The molecule has 3 aliphatic heterocycles. The maximum absolute atomic E-state index is 13.9. The summed E-state index contributed by atoms with van der Waals surface area (Å²) in [5.74, 6) is 0.689. The molecule has 3 saturated heterocycles. The van der Waals surface area contributed by atoms with E-state index in [0.29, 0.717) is 39.0 Å². The number of esters is 1. The molecule has 52 heavy (non-hydrogen) atoms. The van der Waals surface area contributed by atoms with E-state index in [1.807, 2.05) is 18.2 Å². The van der Waals surface area contributed by atoms with Crippen molar-refractivity contribution in [2.24, 2.45) is 5.92 Å². The van der Waals surface area contributed by atoms with Gasteiger partial charge in [-0.15, -0.1) is 0 Å². The minimum absolute atomic E-state index is 0.0770. The minimum atomic E-state index is -0.865. The molecule has 3 fully saturated rings. The van der Waals surface area contributed by atoms with Crippen molar-refractivity contribution in [1.82, 2.24) is 15.1 Å². The molecule has 0 aliphatic carbocycles. The zero-order chi connectivity index (χ0) is 36.4. The number of aromatic nitrogens is 3. The Morgan fingerprint density at radius 1 is 1.02 bits per heavy atom. The fourth-order valence-corrected chi connectivity index (χ4v) is 7.58. The number of pyridine rings is 1. The molecule has 5 aromatic rings. The number of anilines is 1. The first-order valence-corrected chi connectivity index (χ1v) is 17.7. The second-order valence-corrected chi connectivity index (χ2v) is 13.8. The molecule has 8 rings (SSSR count). The van der Waals surface area contributed by atoms with Crippen LogP contribution < -0.4 is 19.1 Å². The topological polar surface area (TPSA) is 133 Å². The molecule has 14 heteroatoms. The highest BCUT2D eigenvalue weighted by Crippen LogP contribution is 2.36. The van der Waals surface area contributed by atoms with Gasteiger partial charge in [-0.05, 0) is 73.3 Å². The van der Waals surface area contributed by atoms with Crippen LogP contribution in [0, 0.1) is 11.1 Å². The van der Waals surface area contributed by atoms with Crippen molar-refractivity contribution in [3.05, 3.63) is 117 Å². The number of H-pyrrole nitrogens is 1. The number of carbonyl (C=O) groups excluding carboxylic acids is 2. The number of amides is 1. The first-order valence-electron chi connectivity index (χ1n) is 16.9. The second-order valence-electron chi connectivity index (χ2n) is 13.0. The average molecular weight is 747 g/mol. The van der Waals surface area contributed by atoms with Crippen molar-refractivity contribution >= 4 is 51.9 Å². The van der Waals surface area contributed by atoms with Gasteiger partial charge < -0.3 is 24.2 Å². The van der Waals surface area contributed by atoms with Crippen molar-refractivity contribution in [2.45, 2.75) is 38.0 Å². The van der Waals surface area contributed by atoms with Crippen molar-refractivity contribution in [1.29, 1.82) is 0 Å². The van der Waals surface area contributed by atoms with Crippen LogP contribution >= 0.6 is 23.2 Å². The van der Waals surface area contributed by atoms with Gasteiger partial charge in [0.25, 0.3) is 0 Å². The fraction of sp³-hybridized carbons (Fsp3) is 0.316. The van der Waals surface area contributed by atoms with E-state index in [2.05, 4.69) is 15.1 Å². The first-order chi connectivity index (χ1) is 25.2. The SMILES string of the molecule is COc1ccc([C@H](Cc2c(Cl)c[n+]([O-])cc2Cl)OC(=O)c2ccc(CN(C(=O)O[C@H]3CN4CCC3CC4)c3cccc4cn[nH]c34)cc2)cc1OC. The van der Waals surface area contributed by atoms with Crippen molar-refractivity contribution in [3.8, 4) is 11.5 Å². The zero-order valence-electron chi connectivity index (χ0n) is 28.6. The number of aromatic amines is 1. The summed E-state index contributed by atoms with van der Waals surface area (Å²) in [6.07, 6.45) is 4.73. The van der Waals surface area contributed by atoms with Gasteiger partial charge in [0.05, 0.1) is 43.7 Å². The molecular formula is C38H37Cl2N5O7. The van der Waals surface area contributed by atoms with E-state index in [9.17, 15) is 14.8 Å². The zero-order valence-corrected chi connectivity index (χ0v) is 30.1. The predicted molar refractivity (Wildman–Crippen MR) is 195 cm³/mol. The van der Waals surface area contributed by atoms with E-state index in [4.69, 9.17) is 42.1 Å². The monoisotopic (exact) mass is 745 g/mol. The summed E-state index contributed by atoms with van der Waals surface area (Å²) in [4.78, 5) is 31.6. The summed E-state index contributed by atoms with van der Waals surface area (Å²) in [5, 5.41) is 20.3. The maximum Gasteiger partial charge on any atom is 0.414 e. The quantitative estimate of drug-likeness (QED) is 0.0871. The van der Waals surface area contributed by atoms with Gasteiger partial charge >= 0.3 is 12.1 Å². The largest absolute Gasteiger partial charge is 0.619 e. The predicted octanol–water partition coefficient (Wildman–Crippen LogP) is 6.90. The Kier molecular flexibility index (Phi) is 10.4. The molecule has 1 amide bonds. The van der Waals surface area contributed by atoms with Crippen LogP contribution in [-0.4, -0.2) is 67.1 Å². The number of methoxy groups -OCH3 is 2. The number of ether oxygens (including phenoxy) is 4. The third kappa shape index (κ3) is 7.45. The number of piperidine rings is 3. The lowest BCUT2D eigenvalue weighted by atomic mass is 9.86. The molecule has 0 radical (unpaired) electrons. The number of carbonyl (C=O) groups is 2. The Bertz CT molecular complexity index is 2060. The summed E-state index contributed by atoms with van der Waals surface area (Å²) in [5.41, 5.74) is 3.45. The van der Waals surface area contributed by atoms with Gasteiger partial charge in [-0.3, -0.25) is 14.9 Å². The van der Waals surface area contributed by atoms with Gasteiger partial charge in [0.1, 0.15) is 22.3 Å². The Balaban J connectivity index is 1.13. The van der Waals surface area contributed by atoms with Crippen LogP contribution in [0.2, 0.25) is 10.0 Å². The van der Waals surface area contributed by atoms with E-state index >= 15 is 0 Å². The summed E-state index contributed by atoms with van der Waals surface area (Å²) in [7, 11) is 3.04. The van der Waals surface area contributed by atoms with Gasteiger partial charge in [0, 0.05) is 23.9 Å². The van der Waals surface area contributed by atoms with Crippen LogP contribution in [0.5, 0.6) is 11.5 Å². The van der Waals surface area contributed by atoms with E-state index in [0.717, 1.165) is 48.9 Å². The number of rotatable bonds is 11. The molecule has 12 nitrogen and oxygen atoms in total. The Morgan fingerprint density at radius 2 is 1.75 bits per heavy atom. The smallest absolute Gasteiger partial charge is 0.414 e. The number of fused-ring (bicyclic) bond motifs is 4. The normalized spacial score (nSPS) is 18.5. The molecule has 3 aliphatic rings. The second kappa shape index (κ2) is 15.3. The van der Waals surface area contributed by atoms with Gasteiger partial charge in [-0.25, -0.2) is 9.59 Å². The molecule has 2 bridgehead atoms. The summed E-state index contributed by atoms with van der Waals surface area (Å²) in [6, 6.07) is 17.7. The minimum Gasteiger partial charge on any atom is -0.619 e. The number of para-hydroxylation sites is 1. The number of benzene rings is 3. The lowest BCUT2D eigenvalue weighted by Gasteiger charge is -2.44. The number of nitrogens with one attached hydrogen (secondary N) is 1. The Labute approximate surface area is 310 Å². The average Bonchev–Trinajstić information content (AvgIpc) is 3.65. The van der Waals surface area contributed by atoms with E-state index in [-0.39, 0.29) is 34.7 Å². The van der Waals surface area contributed by atoms with Crippen LogP contribution in [0.3, 0.4) is 0 Å². The third-order valence-corrected chi connectivity index (χ3v) is 10.5. The van der Waals surface area contributed by atoms with Crippen LogP contribution in [0.4, 0.5) is 10.5 Å². The van der Waals surface area contributed by atoms with Gasteiger partial charge in [0.2, 0.25) is 0 Å². The molecule has 270 valence electrons. The van der Waals surface area contributed by atoms with Crippen LogP contribution in [0.25, 0.3) is 10.9 Å². The highest BCUT2D eigenvalue weighted by molar-refractivity contribution is 6.35. The Hall–Kier alpha value is -5.04. The number of hydrogen-bond donors (Lipinski definition) is 1. The molecule has 0 unspecified atom stereocenters. The molecule has 3 aromatic carbocycles. The summed E-state index contributed by atoms with van der Waals surface area (Å²) >= 11 is 12.8. The van der Waals surface area contributed by atoms with Gasteiger partial charge in [-0.1, -0.05) is 53.5 Å². The van der Waals surface area contributed by atoms with E-state index < -0.39 is 18.2 Å². The van der Waals surface area contributed by atoms with Crippen molar-refractivity contribution in [2.75, 3.05) is 38.8 Å². The molecule has 2 atom stereocenters. The molecule has 5 heterocycles.